The number of esters is 1. The van der Waals surface area contributed by atoms with Crippen molar-refractivity contribution in [2.24, 2.45) is 0 Å². The molecule has 0 unspecified atom stereocenters. The van der Waals surface area contributed by atoms with Gasteiger partial charge in [0.2, 0.25) is 0 Å². The lowest BCUT2D eigenvalue weighted by atomic mass is 10.2. The summed E-state index contributed by atoms with van der Waals surface area (Å²) in [6.45, 7) is 1.50. The van der Waals surface area contributed by atoms with Gasteiger partial charge in [0.05, 0.1) is 12.7 Å². The summed E-state index contributed by atoms with van der Waals surface area (Å²) < 4.78 is 10.2. The molecule has 0 saturated carbocycles. The summed E-state index contributed by atoms with van der Waals surface area (Å²) in [6.07, 6.45) is -0.941. The van der Waals surface area contributed by atoms with Crippen molar-refractivity contribution in [3.63, 3.8) is 0 Å². The van der Waals surface area contributed by atoms with Gasteiger partial charge in [-0.05, 0) is 49.4 Å². The lowest BCUT2D eigenvalue weighted by molar-refractivity contribution is -0.123. The lowest BCUT2D eigenvalue weighted by Gasteiger charge is -2.14. The van der Waals surface area contributed by atoms with Crippen LogP contribution in [-0.4, -0.2) is 25.1 Å². The minimum Gasteiger partial charge on any atom is -0.497 e. The summed E-state index contributed by atoms with van der Waals surface area (Å²) in [7, 11) is 1.54. The van der Waals surface area contributed by atoms with Crippen LogP contribution in [0.4, 0.5) is 5.69 Å². The summed E-state index contributed by atoms with van der Waals surface area (Å²) in [6, 6.07) is 13.2. The molecule has 0 aromatic heterocycles. The number of carbonyl (C=O) groups excluding carboxylic acids is 2. The molecule has 6 heteroatoms. The molecule has 0 bridgehead atoms. The molecular weight excluding hydrogens is 318 g/mol. The van der Waals surface area contributed by atoms with Crippen LogP contribution in [0.2, 0.25) is 5.02 Å². The molecule has 0 aliphatic heterocycles. The Morgan fingerprint density at radius 2 is 1.83 bits per heavy atom. The number of hydrogen-bond donors (Lipinski definition) is 1. The van der Waals surface area contributed by atoms with E-state index in [1.807, 2.05) is 0 Å². The molecule has 0 fully saturated rings. The van der Waals surface area contributed by atoms with Gasteiger partial charge in [0.25, 0.3) is 5.91 Å². The molecule has 1 amide bonds. The third-order valence-electron chi connectivity index (χ3n) is 3.07. The zero-order valence-electron chi connectivity index (χ0n) is 12.7. The molecule has 2 aromatic rings. The van der Waals surface area contributed by atoms with Crippen molar-refractivity contribution in [1.82, 2.24) is 0 Å². The van der Waals surface area contributed by atoms with Gasteiger partial charge >= 0.3 is 5.97 Å². The van der Waals surface area contributed by atoms with Crippen LogP contribution in [-0.2, 0) is 9.53 Å². The first kappa shape index (κ1) is 16.8. The molecule has 1 atom stereocenters. The fourth-order valence-electron chi connectivity index (χ4n) is 1.82. The van der Waals surface area contributed by atoms with Crippen LogP contribution in [0.5, 0.6) is 5.75 Å². The fourth-order valence-corrected chi connectivity index (χ4v) is 2.01. The van der Waals surface area contributed by atoms with Crippen molar-refractivity contribution in [3.8, 4) is 5.75 Å². The van der Waals surface area contributed by atoms with Crippen molar-refractivity contribution in [3.05, 3.63) is 59.1 Å². The van der Waals surface area contributed by atoms with E-state index in [2.05, 4.69) is 5.32 Å². The first-order valence-electron chi connectivity index (χ1n) is 6.91. The third kappa shape index (κ3) is 4.72. The summed E-state index contributed by atoms with van der Waals surface area (Å²) in [4.78, 5) is 24.0. The first-order chi connectivity index (χ1) is 11.0. The largest absolute Gasteiger partial charge is 0.497 e. The molecule has 1 N–H and O–H groups in total. The highest BCUT2D eigenvalue weighted by Crippen LogP contribution is 2.16. The Balaban J connectivity index is 1.95. The smallest absolute Gasteiger partial charge is 0.338 e. The summed E-state index contributed by atoms with van der Waals surface area (Å²) in [5, 5.41) is 3.14. The van der Waals surface area contributed by atoms with Gasteiger partial charge in [-0.15, -0.1) is 0 Å². The highest BCUT2D eigenvalue weighted by atomic mass is 35.5. The molecule has 2 aromatic carbocycles. The van der Waals surface area contributed by atoms with E-state index in [4.69, 9.17) is 21.1 Å². The Kier molecular flexibility index (Phi) is 5.60. The van der Waals surface area contributed by atoms with E-state index < -0.39 is 18.0 Å². The Hall–Kier alpha value is -2.53. The minimum atomic E-state index is -0.941. The fraction of sp³-hybridized carbons (Fsp3) is 0.176. The van der Waals surface area contributed by atoms with E-state index in [-0.39, 0.29) is 0 Å². The molecule has 0 aliphatic carbocycles. The SMILES string of the molecule is COc1ccc(C(=O)O[C@@H](C)C(=O)Nc2cccc(Cl)c2)cc1. The predicted molar refractivity (Wildman–Crippen MR) is 88.0 cm³/mol. The number of hydrogen-bond acceptors (Lipinski definition) is 4. The normalized spacial score (nSPS) is 11.4. The van der Waals surface area contributed by atoms with Gasteiger partial charge in [0.1, 0.15) is 5.75 Å². The summed E-state index contributed by atoms with van der Waals surface area (Å²) >= 11 is 5.85. The van der Waals surface area contributed by atoms with E-state index in [0.29, 0.717) is 22.0 Å². The number of nitrogens with one attached hydrogen (secondary N) is 1. The van der Waals surface area contributed by atoms with Crippen molar-refractivity contribution in [1.29, 1.82) is 0 Å². The Bertz CT molecular complexity index is 700. The van der Waals surface area contributed by atoms with Crippen molar-refractivity contribution in [2.45, 2.75) is 13.0 Å². The molecule has 5 nitrogen and oxygen atoms in total. The Labute approximate surface area is 139 Å². The average Bonchev–Trinajstić information content (AvgIpc) is 2.54. The van der Waals surface area contributed by atoms with E-state index >= 15 is 0 Å². The first-order valence-corrected chi connectivity index (χ1v) is 7.29. The maximum atomic E-state index is 12.0. The van der Waals surface area contributed by atoms with Crippen molar-refractivity contribution < 1.29 is 19.1 Å². The second kappa shape index (κ2) is 7.65. The van der Waals surface area contributed by atoms with Crippen LogP contribution < -0.4 is 10.1 Å². The Morgan fingerprint density at radius 3 is 2.43 bits per heavy atom. The van der Waals surface area contributed by atoms with Gasteiger partial charge in [0.15, 0.2) is 6.10 Å². The second-order valence-electron chi connectivity index (χ2n) is 4.78. The lowest BCUT2D eigenvalue weighted by Crippen LogP contribution is -2.30. The topological polar surface area (TPSA) is 64.6 Å². The van der Waals surface area contributed by atoms with Crippen LogP contribution in [0.3, 0.4) is 0 Å². The van der Waals surface area contributed by atoms with E-state index in [0.717, 1.165) is 0 Å². The molecule has 0 spiro atoms. The molecule has 120 valence electrons. The number of ether oxygens (including phenoxy) is 2. The average molecular weight is 334 g/mol. The monoisotopic (exact) mass is 333 g/mol. The number of anilines is 1. The van der Waals surface area contributed by atoms with Crippen LogP contribution in [0, 0.1) is 0 Å². The van der Waals surface area contributed by atoms with E-state index in [9.17, 15) is 9.59 Å². The van der Waals surface area contributed by atoms with Crippen molar-refractivity contribution >= 4 is 29.2 Å². The Morgan fingerprint density at radius 1 is 1.13 bits per heavy atom. The maximum absolute atomic E-state index is 12.0. The maximum Gasteiger partial charge on any atom is 0.338 e. The molecule has 23 heavy (non-hydrogen) atoms. The number of amides is 1. The molecule has 0 aliphatic rings. The minimum absolute atomic E-state index is 0.341. The van der Waals surface area contributed by atoms with Crippen LogP contribution in [0.25, 0.3) is 0 Å². The van der Waals surface area contributed by atoms with Crippen LogP contribution in [0.1, 0.15) is 17.3 Å². The highest BCUT2D eigenvalue weighted by molar-refractivity contribution is 6.30. The van der Waals surface area contributed by atoms with Crippen LogP contribution in [0.15, 0.2) is 48.5 Å². The van der Waals surface area contributed by atoms with Gasteiger partial charge in [-0.3, -0.25) is 4.79 Å². The zero-order chi connectivity index (χ0) is 16.8. The molecule has 0 heterocycles. The predicted octanol–water partition coefficient (Wildman–Crippen LogP) is 3.53. The van der Waals surface area contributed by atoms with Crippen LogP contribution >= 0.6 is 11.6 Å². The summed E-state index contributed by atoms with van der Waals surface area (Å²) in [5.74, 6) is -0.385. The number of benzene rings is 2. The van der Waals surface area contributed by atoms with Gasteiger partial charge in [-0.25, -0.2) is 4.79 Å². The molecule has 0 saturated heterocycles. The van der Waals surface area contributed by atoms with E-state index in [1.165, 1.54) is 14.0 Å². The highest BCUT2D eigenvalue weighted by Gasteiger charge is 2.19. The van der Waals surface area contributed by atoms with Gasteiger partial charge in [-0.2, -0.15) is 0 Å². The quantitative estimate of drug-likeness (QED) is 0.850. The van der Waals surface area contributed by atoms with Gasteiger partial charge in [-0.1, -0.05) is 17.7 Å². The van der Waals surface area contributed by atoms with E-state index in [1.54, 1.807) is 48.5 Å². The third-order valence-corrected chi connectivity index (χ3v) is 3.31. The molecule has 2 rings (SSSR count). The standard InChI is InChI=1S/C17H16ClNO4/c1-11(16(20)19-14-5-3-4-13(18)10-14)23-17(21)12-6-8-15(22-2)9-7-12/h3-11H,1-2H3,(H,19,20)/t11-/m0/s1. The van der Waals surface area contributed by atoms with Crippen molar-refractivity contribution in [2.75, 3.05) is 12.4 Å². The molecular formula is C17H16ClNO4. The number of halogens is 1. The van der Waals surface area contributed by atoms with Gasteiger partial charge in [0, 0.05) is 10.7 Å². The second-order valence-corrected chi connectivity index (χ2v) is 5.21. The summed E-state index contributed by atoms with van der Waals surface area (Å²) in [5.41, 5.74) is 0.878. The zero-order valence-corrected chi connectivity index (χ0v) is 13.5. The molecule has 0 radical (unpaired) electrons. The number of rotatable bonds is 5. The number of methoxy groups -OCH3 is 1. The van der Waals surface area contributed by atoms with Gasteiger partial charge < -0.3 is 14.8 Å². The number of carbonyl (C=O) groups is 2.